The summed E-state index contributed by atoms with van der Waals surface area (Å²) in [6, 6.07) is 12.1. The summed E-state index contributed by atoms with van der Waals surface area (Å²) in [5.74, 6) is 1.93. The Bertz CT molecular complexity index is 1090. The fourth-order valence-electron chi connectivity index (χ4n) is 5.48. The van der Waals surface area contributed by atoms with Gasteiger partial charge in [0.2, 0.25) is 0 Å². The Labute approximate surface area is 186 Å². The number of fused-ring (bicyclic) bond motifs is 2. The molecule has 2 aliphatic heterocycles. The normalized spacial score (nSPS) is 22.1. The zero-order valence-corrected chi connectivity index (χ0v) is 18.2. The van der Waals surface area contributed by atoms with Gasteiger partial charge in [0.1, 0.15) is 11.6 Å². The van der Waals surface area contributed by atoms with E-state index in [4.69, 9.17) is 9.72 Å². The number of alkyl halides is 3. The van der Waals surface area contributed by atoms with E-state index in [2.05, 4.69) is 9.47 Å². The molecule has 2 atom stereocenters. The van der Waals surface area contributed by atoms with Crippen LogP contribution in [0.4, 0.5) is 13.2 Å². The number of hydrogen-bond acceptors (Lipinski definition) is 3. The third kappa shape index (κ3) is 3.98. The highest BCUT2D eigenvalue weighted by atomic mass is 19.4. The van der Waals surface area contributed by atoms with Gasteiger partial charge in [0, 0.05) is 18.2 Å². The maximum absolute atomic E-state index is 13.3. The molecule has 0 unspecified atom stereocenters. The number of ether oxygens (including phenoxy) is 1. The second kappa shape index (κ2) is 8.43. The molecule has 0 aliphatic carbocycles. The molecule has 2 aromatic carbocycles. The number of nitrogens with zero attached hydrogens (tertiary/aromatic N) is 3. The van der Waals surface area contributed by atoms with Crippen molar-refractivity contribution >= 4 is 11.0 Å². The van der Waals surface area contributed by atoms with Gasteiger partial charge >= 0.3 is 6.18 Å². The summed E-state index contributed by atoms with van der Waals surface area (Å²) >= 11 is 0. The van der Waals surface area contributed by atoms with Crippen molar-refractivity contribution in [1.82, 2.24) is 14.5 Å². The van der Waals surface area contributed by atoms with Crippen molar-refractivity contribution < 1.29 is 17.9 Å². The summed E-state index contributed by atoms with van der Waals surface area (Å²) in [4.78, 5) is 7.31. The van der Waals surface area contributed by atoms with E-state index in [1.807, 2.05) is 24.3 Å². The summed E-state index contributed by atoms with van der Waals surface area (Å²) in [5.41, 5.74) is 1.37. The zero-order valence-electron chi connectivity index (χ0n) is 18.2. The van der Waals surface area contributed by atoms with Crippen molar-refractivity contribution in [1.29, 1.82) is 0 Å². The molecule has 0 N–H and O–H groups in total. The standard InChI is InChI=1S/C25H28F3N3O/c1-32-20-10-7-17(8-11-20)24-29-21-15-19(25(26,27)28)9-12-23(21)31(24)16-18-5-4-14-30-13-3-2-6-22(18)30/h7-12,15,18,22H,2-6,13-14,16H2,1H3/t18-,22-/m1/s1. The van der Waals surface area contributed by atoms with Gasteiger partial charge in [-0.3, -0.25) is 0 Å². The van der Waals surface area contributed by atoms with Gasteiger partial charge in [0.05, 0.1) is 23.7 Å². The lowest BCUT2D eigenvalue weighted by atomic mass is 9.83. The molecule has 0 saturated carbocycles. The second-order valence-electron chi connectivity index (χ2n) is 8.98. The van der Waals surface area contributed by atoms with E-state index in [0.29, 0.717) is 17.5 Å². The molecule has 0 bridgehead atoms. The summed E-state index contributed by atoms with van der Waals surface area (Å²) in [5, 5.41) is 0. The van der Waals surface area contributed by atoms with Crippen LogP contribution in [0.2, 0.25) is 0 Å². The highest BCUT2D eigenvalue weighted by Gasteiger charge is 2.35. The van der Waals surface area contributed by atoms with Crippen LogP contribution in [-0.2, 0) is 12.7 Å². The van der Waals surface area contributed by atoms with Crippen LogP contribution in [-0.4, -0.2) is 40.7 Å². The molecule has 0 radical (unpaired) electrons. The molecule has 170 valence electrons. The first-order chi connectivity index (χ1) is 15.4. The maximum atomic E-state index is 13.3. The van der Waals surface area contributed by atoms with Gasteiger partial charge in [-0.1, -0.05) is 6.42 Å². The molecule has 3 aromatic rings. The van der Waals surface area contributed by atoms with Gasteiger partial charge in [-0.2, -0.15) is 13.2 Å². The van der Waals surface area contributed by atoms with E-state index < -0.39 is 11.7 Å². The second-order valence-corrected chi connectivity index (χ2v) is 8.98. The maximum Gasteiger partial charge on any atom is 0.416 e. The van der Waals surface area contributed by atoms with Crippen molar-refractivity contribution in [2.75, 3.05) is 20.2 Å². The lowest BCUT2D eigenvalue weighted by molar-refractivity contribution is -0.137. The third-order valence-electron chi connectivity index (χ3n) is 7.07. The minimum atomic E-state index is -4.38. The molecule has 2 saturated heterocycles. The molecule has 7 heteroatoms. The SMILES string of the molecule is COc1ccc(-c2nc3cc(C(F)(F)F)ccc3n2C[C@H]2CCCN3CCCC[C@H]23)cc1. The van der Waals surface area contributed by atoms with E-state index in [9.17, 15) is 13.2 Å². The molecular weight excluding hydrogens is 415 g/mol. The van der Waals surface area contributed by atoms with Crippen molar-refractivity contribution in [3.05, 3.63) is 48.0 Å². The van der Waals surface area contributed by atoms with Crippen molar-refractivity contribution in [3.8, 4) is 17.1 Å². The van der Waals surface area contributed by atoms with Crippen molar-refractivity contribution in [2.24, 2.45) is 5.92 Å². The number of rotatable bonds is 4. The quantitative estimate of drug-likeness (QED) is 0.496. The Hall–Kier alpha value is -2.54. The monoisotopic (exact) mass is 443 g/mol. The van der Waals surface area contributed by atoms with Gasteiger partial charge in [-0.05, 0) is 87.2 Å². The van der Waals surface area contributed by atoms with Crippen LogP contribution in [0.3, 0.4) is 0 Å². The first-order valence-electron chi connectivity index (χ1n) is 11.4. The van der Waals surface area contributed by atoms with Gasteiger partial charge in [-0.25, -0.2) is 4.98 Å². The first-order valence-corrected chi connectivity index (χ1v) is 11.4. The van der Waals surface area contributed by atoms with Crippen LogP contribution >= 0.6 is 0 Å². The predicted octanol–water partition coefficient (Wildman–Crippen LogP) is 6.00. The van der Waals surface area contributed by atoms with Gasteiger partial charge in [0.25, 0.3) is 0 Å². The molecule has 32 heavy (non-hydrogen) atoms. The molecule has 2 fully saturated rings. The zero-order chi connectivity index (χ0) is 22.3. The molecule has 4 nitrogen and oxygen atoms in total. The summed E-state index contributed by atoms with van der Waals surface area (Å²) < 4.78 is 47.4. The molecule has 0 spiro atoms. The van der Waals surface area contributed by atoms with Gasteiger partial charge in [0.15, 0.2) is 0 Å². The number of piperidine rings is 2. The topological polar surface area (TPSA) is 30.3 Å². The lowest BCUT2D eigenvalue weighted by Crippen LogP contribution is -2.49. The Morgan fingerprint density at radius 1 is 1.00 bits per heavy atom. The van der Waals surface area contributed by atoms with E-state index in [1.165, 1.54) is 37.8 Å². The highest BCUT2D eigenvalue weighted by molar-refractivity contribution is 5.81. The highest BCUT2D eigenvalue weighted by Crippen LogP contribution is 2.36. The molecule has 0 amide bonds. The fraction of sp³-hybridized carbons (Fsp3) is 0.480. The minimum Gasteiger partial charge on any atom is -0.497 e. The number of benzene rings is 2. The van der Waals surface area contributed by atoms with Gasteiger partial charge < -0.3 is 14.2 Å². The summed E-state index contributed by atoms with van der Waals surface area (Å²) in [7, 11) is 1.61. The molecule has 2 aliphatic rings. The van der Waals surface area contributed by atoms with Crippen LogP contribution < -0.4 is 4.74 Å². The van der Waals surface area contributed by atoms with Crippen LogP contribution in [0.15, 0.2) is 42.5 Å². The lowest BCUT2D eigenvalue weighted by Gasteiger charge is -2.44. The van der Waals surface area contributed by atoms with Crippen LogP contribution in [0.1, 0.15) is 37.7 Å². The molecule has 5 rings (SSSR count). The Morgan fingerprint density at radius 3 is 2.53 bits per heavy atom. The number of aromatic nitrogens is 2. The van der Waals surface area contributed by atoms with Crippen molar-refractivity contribution in [2.45, 2.75) is 50.9 Å². The van der Waals surface area contributed by atoms with Gasteiger partial charge in [-0.15, -0.1) is 0 Å². The number of methoxy groups -OCH3 is 1. The van der Waals surface area contributed by atoms with E-state index in [-0.39, 0.29) is 0 Å². The van der Waals surface area contributed by atoms with Crippen molar-refractivity contribution in [3.63, 3.8) is 0 Å². The van der Waals surface area contributed by atoms with Crippen LogP contribution in [0, 0.1) is 5.92 Å². The summed E-state index contributed by atoms with van der Waals surface area (Å²) in [6.45, 7) is 3.09. The van der Waals surface area contributed by atoms with E-state index in [0.717, 1.165) is 48.7 Å². The minimum absolute atomic E-state index is 0.391. The number of halogens is 3. The average molecular weight is 444 g/mol. The first kappa shape index (κ1) is 21.3. The van der Waals surface area contributed by atoms with Crippen LogP contribution in [0.25, 0.3) is 22.4 Å². The molecule has 3 heterocycles. The number of imidazole rings is 1. The Balaban J connectivity index is 1.58. The molecule has 1 aromatic heterocycles. The van der Waals surface area contributed by atoms with Crippen LogP contribution in [0.5, 0.6) is 5.75 Å². The summed E-state index contributed by atoms with van der Waals surface area (Å²) in [6.07, 6.45) is 1.64. The Kier molecular flexibility index (Phi) is 5.61. The van der Waals surface area contributed by atoms with E-state index in [1.54, 1.807) is 13.2 Å². The average Bonchev–Trinajstić information content (AvgIpc) is 3.16. The Morgan fingerprint density at radius 2 is 1.78 bits per heavy atom. The largest absolute Gasteiger partial charge is 0.497 e. The van der Waals surface area contributed by atoms with E-state index >= 15 is 0 Å². The number of hydrogen-bond donors (Lipinski definition) is 0. The fourth-order valence-corrected chi connectivity index (χ4v) is 5.48. The predicted molar refractivity (Wildman–Crippen MR) is 119 cm³/mol. The molecular formula is C25H28F3N3O. The smallest absolute Gasteiger partial charge is 0.416 e. The third-order valence-corrected chi connectivity index (χ3v) is 7.07.